The minimum absolute atomic E-state index is 0.0109. The van der Waals surface area contributed by atoms with Gasteiger partial charge in [-0.3, -0.25) is 4.79 Å². The highest BCUT2D eigenvalue weighted by Gasteiger charge is 2.37. The highest BCUT2D eigenvalue weighted by Crippen LogP contribution is 2.42. The highest BCUT2D eigenvalue weighted by atomic mass is 32.1. The number of carboxylic acid groups (broad SMARTS) is 1. The maximum atomic E-state index is 14.0. The topological polar surface area (TPSA) is 66.8 Å². The molecule has 0 aliphatic heterocycles. The standard InChI is InChI=1S/C27H39NO4S/c1-18-8-12-21(13-9-18)26(29)28(22-14-10-19(11-15-22)17-32-2)23-16-24(33-25(23)27(30)31)20-6-4-3-5-7-20/h6,16,18-19,21-22H,3-5,7-15,17H2,1-2H3,(H,30,31)/t18-,19?,21-,22?. The molecule has 0 spiro atoms. The molecule has 1 amide bonds. The van der Waals surface area contributed by atoms with Gasteiger partial charge in [-0.15, -0.1) is 11.3 Å². The fraction of sp³-hybridized carbons (Fsp3) is 0.704. The van der Waals surface area contributed by atoms with Crippen LogP contribution in [0.1, 0.15) is 98.5 Å². The summed E-state index contributed by atoms with van der Waals surface area (Å²) in [5, 5.41) is 10.1. The van der Waals surface area contributed by atoms with Gasteiger partial charge in [0.25, 0.3) is 0 Å². The zero-order valence-electron chi connectivity index (χ0n) is 20.2. The number of allylic oxidation sites excluding steroid dienone is 2. The van der Waals surface area contributed by atoms with E-state index in [-0.39, 0.29) is 17.9 Å². The first kappa shape index (κ1) is 24.5. The van der Waals surface area contributed by atoms with Crippen LogP contribution in [0.4, 0.5) is 5.69 Å². The predicted molar refractivity (Wildman–Crippen MR) is 134 cm³/mol. The zero-order chi connectivity index (χ0) is 23.4. The Morgan fingerprint density at radius 3 is 2.42 bits per heavy atom. The summed E-state index contributed by atoms with van der Waals surface area (Å²) in [4.78, 5) is 29.6. The van der Waals surface area contributed by atoms with Crippen LogP contribution in [0.15, 0.2) is 12.1 Å². The van der Waals surface area contributed by atoms with Crippen LogP contribution in [0.2, 0.25) is 0 Å². The second-order valence-corrected chi connectivity index (χ2v) is 11.5. The second kappa shape index (κ2) is 11.2. The molecule has 0 unspecified atom stereocenters. The Bertz CT molecular complexity index is 859. The Morgan fingerprint density at radius 2 is 1.82 bits per heavy atom. The molecule has 5 nitrogen and oxygen atoms in total. The predicted octanol–water partition coefficient (Wildman–Crippen LogP) is 6.77. The molecule has 33 heavy (non-hydrogen) atoms. The number of anilines is 1. The van der Waals surface area contributed by atoms with Gasteiger partial charge in [0.15, 0.2) is 0 Å². The van der Waals surface area contributed by atoms with E-state index < -0.39 is 5.97 Å². The Morgan fingerprint density at radius 1 is 1.09 bits per heavy atom. The van der Waals surface area contributed by atoms with Crippen LogP contribution < -0.4 is 4.90 Å². The van der Waals surface area contributed by atoms with Crippen LogP contribution >= 0.6 is 11.3 Å². The van der Waals surface area contributed by atoms with Crippen molar-refractivity contribution in [2.75, 3.05) is 18.6 Å². The molecule has 6 heteroatoms. The van der Waals surface area contributed by atoms with Crippen LogP contribution in [-0.4, -0.2) is 36.7 Å². The molecule has 0 atom stereocenters. The van der Waals surface area contributed by atoms with Crippen molar-refractivity contribution in [2.24, 2.45) is 17.8 Å². The maximum absolute atomic E-state index is 14.0. The molecule has 182 valence electrons. The van der Waals surface area contributed by atoms with E-state index in [2.05, 4.69) is 13.0 Å². The largest absolute Gasteiger partial charge is 0.477 e. The van der Waals surface area contributed by atoms with Gasteiger partial charge in [-0.2, -0.15) is 0 Å². The number of hydrogen-bond donors (Lipinski definition) is 1. The van der Waals surface area contributed by atoms with Gasteiger partial charge in [0.1, 0.15) is 4.88 Å². The number of rotatable bonds is 7. The fourth-order valence-electron chi connectivity index (χ4n) is 5.94. The number of carbonyl (C=O) groups is 2. The zero-order valence-corrected chi connectivity index (χ0v) is 21.0. The minimum atomic E-state index is -0.916. The highest BCUT2D eigenvalue weighted by molar-refractivity contribution is 7.15. The Hall–Kier alpha value is -1.66. The molecule has 3 aliphatic rings. The van der Waals surface area contributed by atoms with Crippen molar-refractivity contribution in [1.29, 1.82) is 0 Å². The van der Waals surface area contributed by atoms with Gasteiger partial charge in [-0.25, -0.2) is 4.79 Å². The summed E-state index contributed by atoms with van der Waals surface area (Å²) in [5.41, 5.74) is 1.90. The first-order chi connectivity index (χ1) is 16.0. The molecule has 1 aromatic rings. The second-order valence-electron chi connectivity index (χ2n) is 10.4. The summed E-state index contributed by atoms with van der Waals surface area (Å²) < 4.78 is 5.37. The monoisotopic (exact) mass is 473 g/mol. The number of hydrogen-bond acceptors (Lipinski definition) is 4. The Labute approximate surface area is 202 Å². The van der Waals surface area contributed by atoms with Crippen LogP contribution in [0.5, 0.6) is 0 Å². The van der Waals surface area contributed by atoms with E-state index in [1.54, 1.807) is 7.11 Å². The molecule has 2 saturated carbocycles. The number of carboxylic acids is 1. The lowest BCUT2D eigenvalue weighted by Gasteiger charge is -2.39. The lowest BCUT2D eigenvalue weighted by atomic mass is 9.81. The smallest absolute Gasteiger partial charge is 0.348 e. The molecule has 3 aliphatic carbocycles. The van der Waals surface area contributed by atoms with Gasteiger partial charge < -0.3 is 14.7 Å². The van der Waals surface area contributed by atoms with Gasteiger partial charge >= 0.3 is 5.97 Å². The van der Waals surface area contributed by atoms with Crippen molar-refractivity contribution in [3.8, 4) is 0 Å². The van der Waals surface area contributed by atoms with Crippen LogP contribution in [-0.2, 0) is 9.53 Å². The number of thiophene rings is 1. The quantitative estimate of drug-likeness (QED) is 0.475. The number of nitrogens with zero attached hydrogens (tertiary/aromatic N) is 1. The third-order valence-corrected chi connectivity index (χ3v) is 9.15. The van der Waals surface area contributed by atoms with Crippen molar-refractivity contribution in [2.45, 2.75) is 90.0 Å². The summed E-state index contributed by atoms with van der Waals surface area (Å²) >= 11 is 1.36. The van der Waals surface area contributed by atoms with E-state index in [9.17, 15) is 14.7 Å². The molecule has 0 bridgehead atoms. The van der Waals surface area contributed by atoms with Crippen LogP contribution in [0.3, 0.4) is 0 Å². The third kappa shape index (κ3) is 5.71. The van der Waals surface area contributed by atoms with Gasteiger partial charge in [0.2, 0.25) is 5.91 Å². The number of ether oxygens (including phenoxy) is 1. The number of aromatic carboxylic acids is 1. The molecular formula is C27H39NO4S. The van der Waals surface area contributed by atoms with E-state index in [0.717, 1.165) is 82.1 Å². The third-order valence-electron chi connectivity index (χ3n) is 7.96. The average Bonchev–Trinajstić information content (AvgIpc) is 3.27. The van der Waals surface area contributed by atoms with E-state index in [4.69, 9.17) is 4.74 Å². The Kier molecular flexibility index (Phi) is 8.29. The normalized spacial score (nSPS) is 28.2. The van der Waals surface area contributed by atoms with Gasteiger partial charge in [-0.1, -0.05) is 13.0 Å². The van der Waals surface area contributed by atoms with E-state index in [0.29, 0.717) is 22.4 Å². The first-order valence-electron chi connectivity index (χ1n) is 12.9. The van der Waals surface area contributed by atoms with Crippen LogP contribution in [0, 0.1) is 17.8 Å². The summed E-state index contributed by atoms with van der Waals surface area (Å²) in [6, 6.07) is 2.10. The summed E-state index contributed by atoms with van der Waals surface area (Å²) in [6.45, 7) is 3.03. The van der Waals surface area contributed by atoms with E-state index in [1.807, 2.05) is 11.0 Å². The summed E-state index contributed by atoms with van der Waals surface area (Å²) in [6.07, 6.45) is 14.5. The van der Waals surface area contributed by atoms with Crippen molar-refractivity contribution in [3.63, 3.8) is 0 Å². The van der Waals surface area contributed by atoms with Gasteiger partial charge in [0, 0.05) is 30.6 Å². The summed E-state index contributed by atoms with van der Waals surface area (Å²) in [5.74, 6) is 0.454. The molecule has 1 N–H and O–H groups in total. The van der Waals surface area contributed by atoms with Crippen molar-refractivity contribution in [3.05, 3.63) is 21.9 Å². The van der Waals surface area contributed by atoms with E-state index >= 15 is 0 Å². The molecule has 0 saturated heterocycles. The minimum Gasteiger partial charge on any atom is -0.477 e. The molecule has 4 rings (SSSR count). The Balaban J connectivity index is 1.66. The van der Waals surface area contributed by atoms with Gasteiger partial charge in [-0.05, 0) is 101 Å². The summed E-state index contributed by atoms with van der Waals surface area (Å²) in [7, 11) is 1.75. The first-order valence-corrected chi connectivity index (χ1v) is 13.7. The van der Waals surface area contributed by atoms with Gasteiger partial charge in [0.05, 0.1) is 5.69 Å². The van der Waals surface area contributed by atoms with E-state index in [1.165, 1.54) is 23.3 Å². The van der Waals surface area contributed by atoms with Crippen molar-refractivity contribution < 1.29 is 19.4 Å². The number of methoxy groups -OCH3 is 1. The fourth-order valence-corrected chi connectivity index (χ4v) is 6.99. The average molecular weight is 474 g/mol. The molecule has 0 radical (unpaired) electrons. The number of amides is 1. The molecule has 1 aromatic heterocycles. The number of carbonyl (C=O) groups excluding carboxylic acids is 1. The molecule has 0 aromatic carbocycles. The van der Waals surface area contributed by atoms with Crippen molar-refractivity contribution in [1.82, 2.24) is 0 Å². The SMILES string of the molecule is COCC1CCC(N(c2cc(C3=CCCCC3)sc2C(=O)O)C(=O)[C@H]2CC[C@H](C)CC2)CC1. The molecule has 2 fully saturated rings. The lowest BCUT2D eigenvalue weighted by molar-refractivity contribution is -0.124. The molecular weight excluding hydrogens is 434 g/mol. The maximum Gasteiger partial charge on any atom is 0.348 e. The lowest BCUT2D eigenvalue weighted by Crippen LogP contribution is -2.46. The van der Waals surface area contributed by atoms with Crippen molar-refractivity contribution >= 4 is 34.5 Å². The molecule has 1 heterocycles. The van der Waals surface area contributed by atoms with Crippen LogP contribution in [0.25, 0.3) is 5.57 Å².